The molecule has 0 saturated carbocycles. The predicted octanol–water partition coefficient (Wildman–Crippen LogP) is 2.75. The highest BCUT2D eigenvalue weighted by Gasteiger charge is 2.43. The second-order valence-corrected chi connectivity index (χ2v) is 6.25. The van der Waals surface area contributed by atoms with Gasteiger partial charge in [0.15, 0.2) is 0 Å². The van der Waals surface area contributed by atoms with Gasteiger partial charge in [-0.05, 0) is 44.4 Å². The van der Waals surface area contributed by atoms with Gasteiger partial charge in [-0.25, -0.2) is 0 Å². The van der Waals surface area contributed by atoms with Gasteiger partial charge in [0.1, 0.15) is 0 Å². The fraction of sp³-hybridized carbons (Fsp3) is 0.929. The molecule has 3 nitrogen and oxygen atoms in total. The fourth-order valence-corrected chi connectivity index (χ4v) is 3.75. The Morgan fingerprint density at radius 3 is 2.18 bits per heavy atom. The number of rotatable bonds is 4. The molecule has 2 fully saturated rings. The summed E-state index contributed by atoms with van der Waals surface area (Å²) in [5.41, 5.74) is 0. The molecule has 2 rings (SSSR count). The zero-order valence-corrected chi connectivity index (χ0v) is 11.2. The van der Waals surface area contributed by atoms with Gasteiger partial charge in [0.05, 0.1) is 0 Å². The Kier molecular flexibility index (Phi) is 3.76. The summed E-state index contributed by atoms with van der Waals surface area (Å²) in [6, 6.07) is 1.93. The largest absolute Gasteiger partial charge is 0.481 e. The smallest absolute Gasteiger partial charge is 0.303 e. The molecule has 17 heavy (non-hydrogen) atoms. The van der Waals surface area contributed by atoms with Crippen LogP contribution in [-0.2, 0) is 4.79 Å². The van der Waals surface area contributed by atoms with E-state index in [2.05, 4.69) is 25.7 Å². The molecule has 0 radical (unpaired) electrons. The lowest BCUT2D eigenvalue weighted by atomic mass is 9.86. The molecule has 0 aromatic heterocycles. The molecule has 0 spiro atoms. The topological polar surface area (TPSA) is 40.5 Å². The maximum Gasteiger partial charge on any atom is 0.303 e. The number of piperidine rings is 1. The van der Waals surface area contributed by atoms with Crippen molar-refractivity contribution in [3.63, 3.8) is 0 Å². The molecular formula is C14H25NO2. The third-order valence-corrected chi connectivity index (χ3v) is 4.79. The van der Waals surface area contributed by atoms with E-state index >= 15 is 0 Å². The van der Waals surface area contributed by atoms with Crippen molar-refractivity contribution in [2.45, 2.75) is 71.0 Å². The second-order valence-electron chi connectivity index (χ2n) is 6.25. The fourth-order valence-electron chi connectivity index (χ4n) is 3.75. The number of nitrogens with zero attached hydrogens (tertiary/aromatic N) is 1. The Hall–Kier alpha value is -0.570. The van der Waals surface area contributed by atoms with Gasteiger partial charge in [0, 0.05) is 24.5 Å². The summed E-state index contributed by atoms with van der Waals surface area (Å²) in [5.74, 6) is 0.481. The molecule has 2 aliphatic heterocycles. The predicted molar refractivity (Wildman–Crippen MR) is 67.9 cm³/mol. The van der Waals surface area contributed by atoms with Gasteiger partial charge in [-0.3, -0.25) is 9.69 Å². The standard InChI is InChI=1S/C14H25NO2/c1-9(2)10(3)15-12-4-5-13(15)7-11(6-12)8-14(16)17/h9-13H,4-8H2,1-3H3,(H,16,17). The van der Waals surface area contributed by atoms with Crippen LogP contribution in [0.2, 0.25) is 0 Å². The van der Waals surface area contributed by atoms with E-state index < -0.39 is 5.97 Å². The van der Waals surface area contributed by atoms with Crippen molar-refractivity contribution in [1.29, 1.82) is 0 Å². The van der Waals surface area contributed by atoms with Crippen molar-refractivity contribution >= 4 is 5.97 Å². The van der Waals surface area contributed by atoms with Crippen LogP contribution in [-0.4, -0.2) is 34.1 Å². The van der Waals surface area contributed by atoms with Crippen LogP contribution in [0, 0.1) is 11.8 Å². The molecule has 0 aromatic carbocycles. The van der Waals surface area contributed by atoms with Crippen LogP contribution >= 0.6 is 0 Å². The van der Waals surface area contributed by atoms with Crippen molar-refractivity contribution in [3.05, 3.63) is 0 Å². The average Bonchev–Trinajstić information content (AvgIpc) is 2.48. The minimum atomic E-state index is -0.625. The molecule has 98 valence electrons. The molecule has 3 unspecified atom stereocenters. The first-order valence-corrected chi connectivity index (χ1v) is 6.98. The summed E-state index contributed by atoms with van der Waals surface area (Å²) >= 11 is 0. The lowest BCUT2D eigenvalue weighted by molar-refractivity contribution is -0.138. The van der Waals surface area contributed by atoms with Crippen LogP contribution in [0.5, 0.6) is 0 Å². The molecule has 3 atom stereocenters. The molecule has 0 amide bonds. The molecule has 0 aromatic rings. The quantitative estimate of drug-likeness (QED) is 0.820. The summed E-state index contributed by atoms with van der Waals surface area (Å²) in [5, 5.41) is 8.91. The van der Waals surface area contributed by atoms with Crippen molar-refractivity contribution in [2.75, 3.05) is 0 Å². The van der Waals surface area contributed by atoms with Gasteiger partial charge in [-0.2, -0.15) is 0 Å². The summed E-state index contributed by atoms with van der Waals surface area (Å²) in [6.45, 7) is 6.90. The van der Waals surface area contributed by atoms with Gasteiger partial charge in [0.25, 0.3) is 0 Å². The molecule has 3 heteroatoms. The van der Waals surface area contributed by atoms with Crippen LogP contribution in [0.15, 0.2) is 0 Å². The molecular weight excluding hydrogens is 214 g/mol. The summed E-state index contributed by atoms with van der Waals surface area (Å²) in [6.07, 6.45) is 5.12. The molecule has 2 heterocycles. The lowest BCUT2D eigenvalue weighted by Gasteiger charge is -2.43. The number of carboxylic acids is 1. The Morgan fingerprint density at radius 2 is 1.76 bits per heavy atom. The van der Waals surface area contributed by atoms with Gasteiger partial charge in [-0.1, -0.05) is 13.8 Å². The number of carboxylic acid groups (broad SMARTS) is 1. The van der Waals surface area contributed by atoms with E-state index in [1.165, 1.54) is 12.8 Å². The highest BCUT2D eigenvalue weighted by molar-refractivity contribution is 5.67. The van der Waals surface area contributed by atoms with Gasteiger partial charge >= 0.3 is 5.97 Å². The molecule has 0 aliphatic carbocycles. The number of hydrogen-bond acceptors (Lipinski definition) is 2. The first-order valence-electron chi connectivity index (χ1n) is 6.98. The molecule has 2 saturated heterocycles. The average molecular weight is 239 g/mol. The molecule has 2 aliphatic rings. The van der Waals surface area contributed by atoms with Gasteiger partial charge < -0.3 is 5.11 Å². The van der Waals surface area contributed by atoms with E-state index in [0.717, 1.165) is 12.8 Å². The van der Waals surface area contributed by atoms with Crippen LogP contribution in [0.4, 0.5) is 0 Å². The Morgan fingerprint density at radius 1 is 1.24 bits per heavy atom. The maximum absolute atomic E-state index is 10.8. The normalized spacial score (nSPS) is 35.2. The zero-order chi connectivity index (χ0) is 12.6. The summed E-state index contributed by atoms with van der Waals surface area (Å²) in [7, 11) is 0. The van der Waals surface area contributed by atoms with Crippen LogP contribution in [0.3, 0.4) is 0 Å². The van der Waals surface area contributed by atoms with Crippen molar-refractivity contribution < 1.29 is 9.90 Å². The van der Waals surface area contributed by atoms with E-state index in [1.54, 1.807) is 0 Å². The Bertz CT molecular complexity index is 276. The van der Waals surface area contributed by atoms with E-state index in [-0.39, 0.29) is 0 Å². The third kappa shape index (κ3) is 2.65. The SMILES string of the molecule is CC(C)C(C)N1C2CCC1CC(CC(=O)O)C2. The summed E-state index contributed by atoms with van der Waals surface area (Å²) < 4.78 is 0. The van der Waals surface area contributed by atoms with Crippen LogP contribution in [0.1, 0.15) is 52.9 Å². The van der Waals surface area contributed by atoms with Gasteiger partial charge in [-0.15, -0.1) is 0 Å². The lowest BCUT2D eigenvalue weighted by Crippen LogP contribution is -2.49. The minimum absolute atomic E-state index is 0.372. The number of aliphatic carboxylic acids is 1. The maximum atomic E-state index is 10.8. The Labute approximate surface area is 104 Å². The Balaban J connectivity index is 2.00. The summed E-state index contributed by atoms with van der Waals surface area (Å²) in [4.78, 5) is 13.5. The molecule has 1 N–H and O–H groups in total. The first kappa shape index (κ1) is 12.9. The van der Waals surface area contributed by atoms with Crippen molar-refractivity contribution in [3.8, 4) is 0 Å². The highest BCUT2D eigenvalue weighted by Crippen LogP contribution is 2.41. The van der Waals surface area contributed by atoms with E-state index in [0.29, 0.717) is 36.4 Å². The monoisotopic (exact) mass is 239 g/mol. The first-order chi connectivity index (χ1) is 7.99. The van der Waals surface area contributed by atoms with E-state index in [4.69, 9.17) is 5.11 Å². The highest BCUT2D eigenvalue weighted by atomic mass is 16.4. The van der Waals surface area contributed by atoms with E-state index in [9.17, 15) is 4.79 Å². The minimum Gasteiger partial charge on any atom is -0.481 e. The molecule has 2 bridgehead atoms. The second kappa shape index (κ2) is 4.97. The van der Waals surface area contributed by atoms with Crippen LogP contribution < -0.4 is 0 Å². The van der Waals surface area contributed by atoms with Crippen molar-refractivity contribution in [1.82, 2.24) is 4.90 Å². The van der Waals surface area contributed by atoms with E-state index in [1.807, 2.05) is 0 Å². The van der Waals surface area contributed by atoms with Crippen molar-refractivity contribution in [2.24, 2.45) is 11.8 Å². The zero-order valence-electron chi connectivity index (χ0n) is 11.2. The number of hydrogen-bond donors (Lipinski definition) is 1. The third-order valence-electron chi connectivity index (χ3n) is 4.79. The number of carbonyl (C=O) groups is 1. The number of fused-ring (bicyclic) bond motifs is 2. The van der Waals surface area contributed by atoms with Gasteiger partial charge in [0.2, 0.25) is 0 Å². The van der Waals surface area contributed by atoms with Crippen LogP contribution in [0.25, 0.3) is 0 Å².